The van der Waals surface area contributed by atoms with Crippen molar-refractivity contribution in [3.63, 3.8) is 0 Å². The fourth-order valence-electron chi connectivity index (χ4n) is 4.91. The first-order chi connectivity index (χ1) is 18.2. The molecule has 0 radical (unpaired) electrons. The van der Waals surface area contributed by atoms with Gasteiger partial charge >= 0.3 is 6.18 Å². The number of carbonyl (C=O) groups excluding carboxylic acids is 2. The van der Waals surface area contributed by atoms with E-state index in [1.54, 1.807) is 26.0 Å². The van der Waals surface area contributed by atoms with Gasteiger partial charge in [0.1, 0.15) is 11.5 Å². The molecular weight excluding hydrogens is 515 g/mol. The minimum absolute atomic E-state index is 0.00478. The summed E-state index contributed by atoms with van der Waals surface area (Å²) in [6, 6.07) is 12.8. The van der Waals surface area contributed by atoms with Crippen LogP contribution >= 0.6 is 0 Å². The highest BCUT2D eigenvalue weighted by atomic mass is 19.4. The van der Waals surface area contributed by atoms with Crippen LogP contribution in [-0.4, -0.2) is 24.0 Å². The van der Waals surface area contributed by atoms with E-state index in [4.69, 9.17) is 0 Å². The van der Waals surface area contributed by atoms with Crippen LogP contribution in [0.2, 0.25) is 0 Å². The lowest BCUT2D eigenvalue weighted by Crippen LogP contribution is -2.42. The minimum Gasteiger partial charge on any atom is -0.319 e. The molecule has 1 unspecified atom stereocenters. The third kappa shape index (κ3) is 5.05. The summed E-state index contributed by atoms with van der Waals surface area (Å²) in [5, 5.41) is 2.15. The molecular formula is C30H27F5N2O2. The average molecular weight is 543 g/mol. The molecule has 1 aliphatic rings. The molecule has 1 heterocycles. The Morgan fingerprint density at radius 3 is 2.38 bits per heavy atom. The number of amides is 2. The summed E-state index contributed by atoms with van der Waals surface area (Å²) in [6.07, 6.45) is -3.57. The molecule has 204 valence electrons. The Kier molecular flexibility index (Phi) is 7.14. The number of anilines is 2. The van der Waals surface area contributed by atoms with Gasteiger partial charge in [-0.2, -0.15) is 13.2 Å². The van der Waals surface area contributed by atoms with Gasteiger partial charge in [0.05, 0.1) is 16.8 Å². The minimum atomic E-state index is -4.78. The molecule has 0 saturated heterocycles. The average Bonchev–Trinajstić information content (AvgIpc) is 2.97. The number of benzene rings is 3. The van der Waals surface area contributed by atoms with Gasteiger partial charge in [-0.1, -0.05) is 56.3 Å². The molecule has 4 rings (SSSR count). The predicted molar refractivity (Wildman–Crippen MR) is 140 cm³/mol. The summed E-state index contributed by atoms with van der Waals surface area (Å²) in [7, 11) is 0. The van der Waals surface area contributed by atoms with Gasteiger partial charge in [0.15, 0.2) is 0 Å². The van der Waals surface area contributed by atoms with Crippen LogP contribution in [0, 0.1) is 12.7 Å². The van der Waals surface area contributed by atoms with Crippen molar-refractivity contribution < 1.29 is 31.5 Å². The van der Waals surface area contributed by atoms with Crippen LogP contribution in [0.1, 0.15) is 57.7 Å². The van der Waals surface area contributed by atoms with Crippen LogP contribution in [0.5, 0.6) is 0 Å². The van der Waals surface area contributed by atoms with E-state index in [1.807, 2.05) is 13.0 Å². The number of halogens is 5. The van der Waals surface area contributed by atoms with Crippen molar-refractivity contribution in [3.05, 3.63) is 107 Å². The van der Waals surface area contributed by atoms with Gasteiger partial charge in [0.25, 0.3) is 11.8 Å². The lowest BCUT2D eigenvalue weighted by molar-refractivity contribution is -0.137. The Balaban J connectivity index is 1.66. The smallest absolute Gasteiger partial charge is 0.319 e. The second kappa shape index (κ2) is 9.94. The highest BCUT2D eigenvalue weighted by Gasteiger charge is 2.48. The number of fused-ring (bicyclic) bond motifs is 1. The summed E-state index contributed by atoms with van der Waals surface area (Å²) in [5.74, 6) is -2.75. The number of nitrogens with one attached hydrogen (secondary N) is 1. The van der Waals surface area contributed by atoms with E-state index < -0.39 is 51.7 Å². The number of carbonyl (C=O) groups is 2. The zero-order valence-corrected chi connectivity index (χ0v) is 21.6. The van der Waals surface area contributed by atoms with Crippen LogP contribution in [0.15, 0.2) is 73.3 Å². The summed E-state index contributed by atoms with van der Waals surface area (Å²) >= 11 is 0. The monoisotopic (exact) mass is 542 g/mol. The molecule has 39 heavy (non-hydrogen) atoms. The van der Waals surface area contributed by atoms with Gasteiger partial charge in [-0.3, -0.25) is 9.59 Å². The highest BCUT2D eigenvalue weighted by molar-refractivity contribution is 6.08. The second-order valence-corrected chi connectivity index (χ2v) is 10.1. The first kappa shape index (κ1) is 28.0. The molecule has 0 saturated carbocycles. The quantitative estimate of drug-likeness (QED) is 0.272. The second-order valence-electron chi connectivity index (χ2n) is 10.1. The first-order valence-corrected chi connectivity index (χ1v) is 12.2. The van der Waals surface area contributed by atoms with Crippen molar-refractivity contribution in [3.8, 4) is 0 Å². The van der Waals surface area contributed by atoms with Crippen molar-refractivity contribution in [1.29, 1.82) is 0 Å². The molecule has 0 aliphatic carbocycles. The first-order valence-electron chi connectivity index (χ1n) is 12.2. The topological polar surface area (TPSA) is 49.4 Å². The van der Waals surface area contributed by atoms with Crippen LogP contribution in [0.3, 0.4) is 0 Å². The highest BCUT2D eigenvalue weighted by Crippen LogP contribution is 2.48. The zero-order valence-electron chi connectivity index (χ0n) is 21.6. The van der Waals surface area contributed by atoms with Crippen molar-refractivity contribution in [2.24, 2.45) is 0 Å². The molecule has 0 fully saturated rings. The van der Waals surface area contributed by atoms with Gasteiger partial charge in [-0.15, -0.1) is 0 Å². The number of hydrogen-bond donors (Lipinski definition) is 1. The number of alkyl halides is 4. The molecule has 1 N–H and O–H groups in total. The fourth-order valence-corrected chi connectivity index (χ4v) is 4.91. The lowest BCUT2D eigenvalue weighted by Gasteiger charge is -2.37. The summed E-state index contributed by atoms with van der Waals surface area (Å²) in [5.41, 5.74) is -3.17. The SMILES string of the molecule is C=CC1(F)CCN(C(=O)c2ccc(NC(=O)c3ccccc3C(F)(F)F)c(F)c2)c2ccc(C)cc2C1(C)C. The maximum absolute atomic E-state index is 16.0. The van der Waals surface area contributed by atoms with E-state index in [9.17, 15) is 22.8 Å². The molecule has 0 bridgehead atoms. The molecule has 0 spiro atoms. The van der Waals surface area contributed by atoms with E-state index in [-0.39, 0.29) is 18.5 Å². The van der Waals surface area contributed by atoms with E-state index in [1.165, 1.54) is 23.1 Å². The Labute approximate surface area is 223 Å². The Morgan fingerprint density at radius 1 is 1.05 bits per heavy atom. The third-order valence-electron chi connectivity index (χ3n) is 7.36. The van der Waals surface area contributed by atoms with E-state index >= 15 is 8.78 Å². The largest absolute Gasteiger partial charge is 0.417 e. The van der Waals surface area contributed by atoms with E-state index in [0.29, 0.717) is 11.3 Å². The number of hydrogen-bond acceptors (Lipinski definition) is 2. The third-order valence-corrected chi connectivity index (χ3v) is 7.36. The van der Waals surface area contributed by atoms with Crippen molar-refractivity contribution in [2.45, 2.75) is 44.5 Å². The molecule has 3 aromatic rings. The molecule has 9 heteroatoms. The van der Waals surface area contributed by atoms with E-state index in [2.05, 4.69) is 11.9 Å². The van der Waals surface area contributed by atoms with E-state index in [0.717, 1.165) is 35.9 Å². The van der Waals surface area contributed by atoms with Gasteiger partial charge in [-0.05, 0) is 48.9 Å². The number of rotatable bonds is 4. The maximum Gasteiger partial charge on any atom is 0.417 e. The van der Waals surface area contributed by atoms with Crippen molar-refractivity contribution in [2.75, 3.05) is 16.8 Å². The Morgan fingerprint density at radius 2 is 1.74 bits per heavy atom. The standard InChI is InChI=1S/C30H27F5N2O2/c1-5-29(32)14-15-37(25-13-10-18(2)16-22(25)28(29,3)4)27(39)19-11-12-24(23(31)17-19)36-26(38)20-8-6-7-9-21(20)30(33,34)35/h5-13,16-17H,1,14-15H2,2-4H3,(H,36,38). The van der Waals surface area contributed by atoms with Crippen LogP contribution in [0.4, 0.5) is 33.3 Å². The molecule has 0 aromatic heterocycles. The van der Waals surface area contributed by atoms with Gasteiger partial charge in [0.2, 0.25) is 0 Å². The van der Waals surface area contributed by atoms with Gasteiger partial charge < -0.3 is 10.2 Å². The Hall–Kier alpha value is -4.01. The summed E-state index contributed by atoms with van der Waals surface area (Å²) < 4.78 is 71.0. The maximum atomic E-state index is 16.0. The van der Waals surface area contributed by atoms with Crippen molar-refractivity contribution in [1.82, 2.24) is 0 Å². The Bertz CT molecular complexity index is 1460. The molecule has 2 amide bonds. The molecule has 1 aliphatic heterocycles. The van der Waals surface area contributed by atoms with Crippen molar-refractivity contribution >= 4 is 23.2 Å². The number of aryl methyl sites for hydroxylation is 1. The molecule has 1 atom stereocenters. The fraction of sp³-hybridized carbons (Fsp3) is 0.267. The predicted octanol–water partition coefficient (Wildman–Crippen LogP) is 7.63. The van der Waals surface area contributed by atoms with Gasteiger partial charge in [-0.25, -0.2) is 8.78 Å². The number of nitrogens with zero attached hydrogens (tertiary/aromatic N) is 1. The molecule has 3 aromatic carbocycles. The van der Waals surface area contributed by atoms with Crippen LogP contribution in [-0.2, 0) is 11.6 Å². The zero-order chi connectivity index (χ0) is 28.8. The molecule has 4 nitrogen and oxygen atoms in total. The summed E-state index contributed by atoms with van der Waals surface area (Å²) in [4.78, 5) is 27.5. The number of allylic oxidation sites excluding steroid dienone is 1. The lowest BCUT2D eigenvalue weighted by atomic mass is 9.69. The van der Waals surface area contributed by atoms with Crippen LogP contribution in [0.25, 0.3) is 0 Å². The summed E-state index contributed by atoms with van der Waals surface area (Å²) in [6.45, 7) is 9.02. The van der Waals surface area contributed by atoms with Gasteiger partial charge in [0, 0.05) is 29.6 Å². The normalized spacial score (nSPS) is 18.6. The van der Waals surface area contributed by atoms with Crippen LogP contribution < -0.4 is 10.2 Å².